The van der Waals surface area contributed by atoms with E-state index in [4.69, 9.17) is 44.3 Å². The predicted molar refractivity (Wildman–Crippen MR) is 118 cm³/mol. The van der Waals surface area contributed by atoms with Gasteiger partial charge in [0.15, 0.2) is 0 Å². The van der Waals surface area contributed by atoms with Crippen molar-refractivity contribution >= 4 is 46.4 Å². The van der Waals surface area contributed by atoms with Crippen molar-refractivity contribution in [3.8, 4) is 11.5 Å². The summed E-state index contributed by atoms with van der Waals surface area (Å²) in [7, 11) is 3.06. The fourth-order valence-corrected chi connectivity index (χ4v) is 4.05. The van der Waals surface area contributed by atoms with Crippen LogP contribution in [-0.4, -0.2) is 38.1 Å². The van der Waals surface area contributed by atoms with E-state index in [1.807, 2.05) is 12.1 Å². The van der Waals surface area contributed by atoms with Crippen molar-refractivity contribution in [3.63, 3.8) is 0 Å². The fraction of sp³-hybridized carbons (Fsp3) is 0.381. The zero-order valence-electron chi connectivity index (χ0n) is 16.3. The van der Waals surface area contributed by atoms with Crippen LogP contribution in [0.15, 0.2) is 30.3 Å². The van der Waals surface area contributed by atoms with Gasteiger partial charge in [-0.3, -0.25) is 9.69 Å². The molecule has 2 aromatic carbocycles. The van der Waals surface area contributed by atoms with E-state index in [0.29, 0.717) is 38.8 Å². The molecule has 1 amide bonds. The Morgan fingerprint density at radius 1 is 1.07 bits per heavy atom. The highest BCUT2D eigenvalue weighted by atomic mass is 35.5. The zero-order chi connectivity index (χ0) is 21.0. The lowest BCUT2D eigenvalue weighted by atomic mass is 9.96. The minimum Gasteiger partial charge on any atom is -0.495 e. The van der Waals surface area contributed by atoms with E-state index in [9.17, 15) is 4.79 Å². The molecule has 1 N–H and O–H groups in total. The number of hydrogen-bond donors (Lipinski definition) is 1. The SMILES string of the molecule is COc1cc(NC(=O)C2CCCN(Cc3ccc(Cl)c(Cl)c3)C2)c(OC)cc1Cl. The summed E-state index contributed by atoms with van der Waals surface area (Å²) >= 11 is 18.3. The van der Waals surface area contributed by atoms with Crippen molar-refractivity contribution < 1.29 is 14.3 Å². The molecule has 1 aliphatic rings. The van der Waals surface area contributed by atoms with Crippen molar-refractivity contribution in [2.45, 2.75) is 19.4 Å². The second-order valence-electron chi connectivity index (χ2n) is 7.00. The van der Waals surface area contributed by atoms with Crippen LogP contribution in [0.4, 0.5) is 5.69 Å². The Bertz CT molecular complexity index is 892. The number of carbonyl (C=O) groups is 1. The number of benzene rings is 2. The van der Waals surface area contributed by atoms with Gasteiger partial charge in [0.25, 0.3) is 0 Å². The molecule has 1 fully saturated rings. The van der Waals surface area contributed by atoms with Gasteiger partial charge in [0.2, 0.25) is 5.91 Å². The molecular weight excluding hydrogens is 435 g/mol. The van der Waals surface area contributed by atoms with E-state index in [1.165, 1.54) is 14.2 Å². The molecule has 0 aromatic heterocycles. The van der Waals surface area contributed by atoms with Crippen LogP contribution in [0.2, 0.25) is 15.1 Å². The van der Waals surface area contributed by atoms with Crippen molar-refractivity contribution in [1.29, 1.82) is 0 Å². The Kier molecular flexibility index (Phi) is 7.52. The maximum absolute atomic E-state index is 12.9. The summed E-state index contributed by atoms with van der Waals surface area (Å²) in [6, 6.07) is 8.94. The van der Waals surface area contributed by atoms with Gasteiger partial charge >= 0.3 is 0 Å². The number of anilines is 1. The second kappa shape index (κ2) is 9.90. The number of halogens is 3. The minimum absolute atomic E-state index is 0.0495. The van der Waals surface area contributed by atoms with Gasteiger partial charge in [0, 0.05) is 25.2 Å². The molecule has 1 unspecified atom stereocenters. The smallest absolute Gasteiger partial charge is 0.228 e. The number of methoxy groups -OCH3 is 2. The molecule has 156 valence electrons. The van der Waals surface area contributed by atoms with Gasteiger partial charge in [-0.25, -0.2) is 0 Å². The molecule has 0 aliphatic carbocycles. The number of piperidine rings is 1. The van der Waals surface area contributed by atoms with E-state index >= 15 is 0 Å². The molecule has 29 heavy (non-hydrogen) atoms. The summed E-state index contributed by atoms with van der Waals surface area (Å²) in [4.78, 5) is 15.2. The molecule has 3 rings (SSSR count). The van der Waals surface area contributed by atoms with E-state index in [1.54, 1.807) is 18.2 Å². The average molecular weight is 458 g/mol. The lowest BCUT2D eigenvalue weighted by Crippen LogP contribution is -2.40. The number of amides is 1. The molecule has 0 bridgehead atoms. The van der Waals surface area contributed by atoms with Crippen LogP contribution in [0.3, 0.4) is 0 Å². The molecule has 0 spiro atoms. The average Bonchev–Trinajstić information content (AvgIpc) is 2.71. The van der Waals surface area contributed by atoms with Crippen LogP contribution in [0.1, 0.15) is 18.4 Å². The summed E-state index contributed by atoms with van der Waals surface area (Å²) in [5, 5.41) is 4.47. The van der Waals surface area contributed by atoms with E-state index in [2.05, 4.69) is 10.2 Å². The highest BCUT2D eigenvalue weighted by Gasteiger charge is 2.27. The normalized spacial score (nSPS) is 17.1. The van der Waals surface area contributed by atoms with E-state index in [-0.39, 0.29) is 11.8 Å². The molecular formula is C21H23Cl3N2O3. The molecule has 1 atom stereocenters. The summed E-state index contributed by atoms with van der Waals surface area (Å²) in [5.41, 5.74) is 1.62. The van der Waals surface area contributed by atoms with Crippen molar-refractivity contribution in [1.82, 2.24) is 4.90 Å². The summed E-state index contributed by atoms with van der Waals surface area (Å²) in [5.74, 6) is 0.796. The molecule has 0 saturated carbocycles. The number of nitrogens with one attached hydrogen (secondary N) is 1. The standard InChI is InChI=1S/C21H23Cl3N2O3/c1-28-19-10-18(20(29-2)9-17(19)24)25-21(27)14-4-3-7-26(12-14)11-13-5-6-15(22)16(23)8-13/h5-6,8-10,14H,3-4,7,11-12H2,1-2H3,(H,25,27). The predicted octanol–water partition coefficient (Wildman–Crippen LogP) is 5.51. The fourth-order valence-electron chi connectivity index (χ4n) is 3.50. The molecule has 2 aromatic rings. The number of rotatable bonds is 6. The third kappa shape index (κ3) is 5.48. The molecule has 8 heteroatoms. The number of nitrogens with zero attached hydrogens (tertiary/aromatic N) is 1. The number of ether oxygens (including phenoxy) is 2. The van der Waals surface area contributed by atoms with Crippen LogP contribution in [0, 0.1) is 5.92 Å². The van der Waals surface area contributed by atoms with Crippen LogP contribution in [0.5, 0.6) is 11.5 Å². The zero-order valence-corrected chi connectivity index (χ0v) is 18.6. The van der Waals surface area contributed by atoms with Gasteiger partial charge in [0.1, 0.15) is 11.5 Å². The van der Waals surface area contributed by atoms with Gasteiger partial charge in [-0.1, -0.05) is 40.9 Å². The maximum atomic E-state index is 12.9. The number of carbonyl (C=O) groups excluding carboxylic acids is 1. The summed E-state index contributed by atoms with van der Waals surface area (Å²) in [6.45, 7) is 2.32. The first-order valence-corrected chi connectivity index (χ1v) is 10.4. The van der Waals surface area contributed by atoms with Crippen molar-refractivity contribution in [3.05, 3.63) is 51.0 Å². The third-order valence-corrected chi connectivity index (χ3v) is 6.03. The Morgan fingerprint density at radius 3 is 2.52 bits per heavy atom. The lowest BCUT2D eigenvalue weighted by Gasteiger charge is -2.32. The topological polar surface area (TPSA) is 50.8 Å². The Balaban J connectivity index is 1.67. The third-order valence-electron chi connectivity index (χ3n) is 5.00. The Labute approximate surface area is 185 Å². The van der Waals surface area contributed by atoms with Crippen LogP contribution in [-0.2, 0) is 11.3 Å². The highest BCUT2D eigenvalue weighted by molar-refractivity contribution is 6.42. The Hall–Kier alpha value is -1.66. The maximum Gasteiger partial charge on any atom is 0.228 e. The molecule has 1 heterocycles. The first-order chi connectivity index (χ1) is 13.9. The van der Waals surface area contributed by atoms with Crippen LogP contribution < -0.4 is 14.8 Å². The molecule has 1 saturated heterocycles. The second-order valence-corrected chi connectivity index (χ2v) is 8.22. The van der Waals surface area contributed by atoms with E-state index < -0.39 is 0 Å². The highest BCUT2D eigenvalue weighted by Crippen LogP contribution is 2.36. The van der Waals surface area contributed by atoms with Crippen molar-refractivity contribution in [2.24, 2.45) is 5.92 Å². The van der Waals surface area contributed by atoms with Crippen molar-refractivity contribution in [2.75, 3.05) is 32.6 Å². The summed E-state index contributed by atoms with van der Waals surface area (Å²) < 4.78 is 10.6. The first kappa shape index (κ1) is 22.0. The van der Waals surface area contributed by atoms with Crippen LogP contribution >= 0.6 is 34.8 Å². The lowest BCUT2D eigenvalue weighted by molar-refractivity contribution is -0.121. The van der Waals surface area contributed by atoms with E-state index in [0.717, 1.165) is 31.5 Å². The molecule has 0 radical (unpaired) electrons. The van der Waals surface area contributed by atoms with Gasteiger partial charge < -0.3 is 14.8 Å². The Morgan fingerprint density at radius 2 is 1.83 bits per heavy atom. The van der Waals surface area contributed by atoms with Crippen LogP contribution in [0.25, 0.3) is 0 Å². The number of likely N-dealkylation sites (tertiary alicyclic amines) is 1. The molecule has 1 aliphatic heterocycles. The number of hydrogen-bond acceptors (Lipinski definition) is 4. The van der Waals surface area contributed by atoms with Gasteiger partial charge in [-0.2, -0.15) is 0 Å². The molecule has 5 nitrogen and oxygen atoms in total. The largest absolute Gasteiger partial charge is 0.495 e. The minimum atomic E-state index is -0.127. The van der Waals surface area contributed by atoms with Gasteiger partial charge in [-0.15, -0.1) is 0 Å². The quantitative estimate of drug-likeness (QED) is 0.621. The summed E-state index contributed by atoms with van der Waals surface area (Å²) in [6.07, 6.45) is 1.78. The van der Waals surface area contributed by atoms with Gasteiger partial charge in [-0.05, 0) is 37.1 Å². The monoisotopic (exact) mass is 456 g/mol. The van der Waals surface area contributed by atoms with Gasteiger partial charge in [0.05, 0.1) is 40.9 Å². The first-order valence-electron chi connectivity index (χ1n) is 9.30.